The van der Waals surface area contributed by atoms with Gasteiger partial charge in [0.25, 0.3) is 32.1 Å². The van der Waals surface area contributed by atoms with Crippen LogP contribution in [0.15, 0.2) is 120 Å². The van der Waals surface area contributed by atoms with Gasteiger partial charge in [0.2, 0.25) is 6.04 Å². The Hall–Kier alpha value is -6.22. The van der Waals surface area contributed by atoms with Crippen molar-refractivity contribution < 1.29 is 69.5 Å². The van der Waals surface area contributed by atoms with E-state index in [9.17, 15) is 45.4 Å². The Morgan fingerprint density at radius 2 is 1.46 bits per heavy atom. The minimum atomic E-state index is -4.94. The summed E-state index contributed by atoms with van der Waals surface area (Å²) in [7, 11) is -8.38. The van der Waals surface area contributed by atoms with E-state index < -0.39 is 53.7 Å². The predicted octanol–water partition coefficient (Wildman–Crippen LogP) is 6.80. The van der Waals surface area contributed by atoms with Gasteiger partial charge in [-0.1, -0.05) is 11.1 Å². The Kier molecular flexibility index (Phi) is 15.0. The van der Waals surface area contributed by atoms with Crippen LogP contribution in [0.2, 0.25) is 0 Å². The van der Waals surface area contributed by atoms with E-state index in [4.69, 9.17) is 14.7 Å². The van der Waals surface area contributed by atoms with Crippen LogP contribution in [-0.4, -0.2) is 80.3 Å². The van der Waals surface area contributed by atoms with Crippen LogP contribution in [0.5, 0.6) is 11.5 Å². The number of anilines is 2. The van der Waals surface area contributed by atoms with Crippen molar-refractivity contribution in [3.63, 3.8) is 0 Å². The first kappa shape index (κ1) is 45.9. The largest absolute Gasteiger partial charge is 0.495 e. The number of aryl methyl sites for hydroxylation is 1. The van der Waals surface area contributed by atoms with Gasteiger partial charge >= 0.3 is 0 Å². The maximum atomic E-state index is 13.2. The highest BCUT2D eigenvalue weighted by molar-refractivity contribution is 7.94. The van der Waals surface area contributed by atoms with Crippen LogP contribution in [-0.2, 0) is 39.2 Å². The number of aliphatic hydroxyl groups excluding tert-OH is 1. The van der Waals surface area contributed by atoms with Crippen molar-refractivity contribution in [3.05, 3.63) is 96.1 Å². The SMILES string of the molecule is COc1cc(SOOO)c(C)cc1NC(=O)C(/N=N/c1ccc(C(=O)Nc2ccc(/N=N/c3ccc4cc(S(=O)(=O)O)cc(S(=O)(=O)O)c4c3)cc2OCCO)cc1)C(C)=O. The smallest absolute Gasteiger partial charge is 0.295 e. The second-order valence-corrected chi connectivity index (χ2v) is 16.0. The van der Waals surface area contributed by atoms with E-state index in [1.807, 2.05) is 0 Å². The third-order valence-corrected chi connectivity index (χ3v) is 10.7. The topological polar surface area (TPSA) is 311 Å². The van der Waals surface area contributed by atoms with Crippen LogP contribution in [0.4, 0.5) is 28.4 Å². The molecule has 0 aliphatic carbocycles. The number of rotatable bonds is 18. The van der Waals surface area contributed by atoms with E-state index in [1.165, 1.54) is 80.8 Å². The molecule has 0 saturated carbocycles. The number of amides is 2. The Morgan fingerprint density at radius 3 is 2.08 bits per heavy atom. The standard InChI is InChI=1S/C37H34N6O15S3/c1-20-14-30(31(55-3)19-33(20)59-58-57-48)39-37(47)35(21(2)45)43-40-24-7-4-22(5-8-24)36(46)38-29-11-10-26(17-32(29)56-13-12-44)42-41-25-9-6-23-15-27(60(49,50)51)18-34(28(23)16-25)61(52,53)54/h4-11,14-19,35,44,48H,12-13H2,1-3H3,(H,38,46)(H,39,47)(H,49,50,51)(H,52,53,54)/b42-41+,43-40+. The first-order valence-electron chi connectivity index (χ1n) is 17.2. The highest BCUT2D eigenvalue weighted by Crippen LogP contribution is 2.36. The monoisotopic (exact) mass is 898 g/mol. The fourth-order valence-electron chi connectivity index (χ4n) is 5.37. The van der Waals surface area contributed by atoms with Crippen molar-refractivity contribution in [3.8, 4) is 11.5 Å². The lowest BCUT2D eigenvalue weighted by atomic mass is 10.1. The summed E-state index contributed by atoms with van der Waals surface area (Å²) in [4.78, 5) is 37.7. The lowest BCUT2D eigenvalue weighted by molar-refractivity contribution is -0.432. The number of hydrogen-bond acceptors (Lipinski definition) is 18. The Balaban J connectivity index is 1.29. The molecule has 0 aromatic heterocycles. The minimum Gasteiger partial charge on any atom is -0.495 e. The zero-order chi connectivity index (χ0) is 44.5. The molecule has 0 aliphatic rings. The molecule has 21 nitrogen and oxygen atoms in total. The van der Waals surface area contributed by atoms with Gasteiger partial charge < -0.3 is 25.2 Å². The molecule has 1 unspecified atom stereocenters. The molecule has 0 heterocycles. The van der Waals surface area contributed by atoms with Crippen molar-refractivity contribution in [1.82, 2.24) is 0 Å². The van der Waals surface area contributed by atoms with Gasteiger partial charge in [-0.2, -0.15) is 37.3 Å². The lowest BCUT2D eigenvalue weighted by Gasteiger charge is -2.15. The number of carbonyl (C=O) groups is 3. The van der Waals surface area contributed by atoms with E-state index >= 15 is 0 Å². The Labute approximate surface area is 351 Å². The number of fused-ring (bicyclic) bond motifs is 1. The summed E-state index contributed by atoms with van der Waals surface area (Å²) in [6, 6.07) is 17.1. The van der Waals surface area contributed by atoms with Crippen molar-refractivity contribution in [1.29, 1.82) is 0 Å². The van der Waals surface area contributed by atoms with E-state index in [1.54, 1.807) is 13.0 Å². The molecule has 6 N–H and O–H groups in total. The number of aliphatic hydroxyl groups is 1. The van der Waals surface area contributed by atoms with Gasteiger partial charge in [-0.15, -0.1) is 4.33 Å². The summed E-state index contributed by atoms with van der Waals surface area (Å²) in [6.45, 7) is 2.34. The highest BCUT2D eigenvalue weighted by atomic mass is 32.2. The molecule has 2 amide bonds. The van der Waals surface area contributed by atoms with E-state index in [-0.39, 0.29) is 69.5 Å². The molecule has 0 saturated heterocycles. The molecule has 320 valence electrons. The molecule has 0 spiro atoms. The number of carbonyl (C=O) groups excluding carboxylic acids is 3. The molecule has 61 heavy (non-hydrogen) atoms. The Morgan fingerprint density at radius 1 is 0.787 bits per heavy atom. The fourth-order valence-corrected chi connectivity index (χ4v) is 7.17. The maximum Gasteiger partial charge on any atom is 0.295 e. The number of nitrogens with zero attached hydrogens (tertiary/aromatic N) is 4. The molecule has 0 aliphatic heterocycles. The summed E-state index contributed by atoms with van der Waals surface area (Å²) < 4.78 is 82.0. The molecule has 1 atom stereocenters. The van der Waals surface area contributed by atoms with Crippen molar-refractivity contribution in [2.75, 3.05) is 31.0 Å². The first-order chi connectivity index (χ1) is 28.9. The molecule has 0 radical (unpaired) electrons. The minimum absolute atomic E-state index is 0.0573. The van der Waals surface area contributed by atoms with Crippen LogP contribution in [0.25, 0.3) is 10.8 Å². The first-order valence-corrected chi connectivity index (χ1v) is 20.8. The summed E-state index contributed by atoms with van der Waals surface area (Å²) in [5, 5.41) is 42.8. The summed E-state index contributed by atoms with van der Waals surface area (Å²) in [6.07, 6.45) is 0. The van der Waals surface area contributed by atoms with Crippen LogP contribution in [0, 0.1) is 6.92 Å². The number of ketones is 1. The van der Waals surface area contributed by atoms with Crippen molar-refractivity contribution in [2.45, 2.75) is 34.6 Å². The van der Waals surface area contributed by atoms with Gasteiger partial charge in [-0.3, -0.25) is 23.5 Å². The number of nitrogens with one attached hydrogen (secondary N) is 2. The van der Waals surface area contributed by atoms with Crippen LogP contribution in [0.1, 0.15) is 22.8 Å². The van der Waals surface area contributed by atoms with Gasteiger partial charge in [0, 0.05) is 21.9 Å². The molecule has 24 heteroatoms. The fraction of sp³-hybridized carbons (Fsp3) is 0.162. The summed E-state index contributed by atoms with van der Waals surface area (Å²) in [5.41, 5.74) is 1.69. The zero-order valence-corrected chi connectivity index (χ0v) is 34.3. The predicted molar refractivity (Wildman–Crippen MR) is 217 cm³/mol. The molecule has 5 rings (SSSR count). The summed E-state index contributed by atoms with van der Waals surface area (Å²) >= 11 is 0.699. The van der Waals surface area contributed by atoms with Gasteiger partial charge in [-0.25, -0.2) is 5.26 Å². The number of benzene rings is 5. The number of azo groups is 2. The molecule has 5 aromatic carbocycles. The number of hydrogen-bond donors (Lipinski definition) is 6. The van der Waals surface area contributed by atoms with E-state index in [2.05, 4.69) is 40.5 Å². The third-order valence-electron chi connectivity index (χ3n) is 8.25. The van der Waals surface area contributed by atoms with Crippen molar-refractivity contribution >= 4 is 89.1 Å². The van der Waals surface area contributed by atoms with Gasteiger partial charge in [0.1, 0.15) is 23.0 Å². The van der Waals surface area contributed by atoms with Crippen LogP contribution < -0.4 is 20.1 Å². The zero-order valence-electron chi connectivity index (χ0n) is 31.9. The van der Waals surface area contributed by atoms with Crippen LogP contribution >= 0.6 is 12.0 Å². The maximum absolute atomic E-state index is 13.2. The number of methoxy groups -OCH3 is 1. The molecular weight excluding hydrogens is 865 g/mol. The lowest BCUT2D eigenvalue weighted by Crippen LogP contribution is -2.32. The Bertz CT molecular complexity index is 2770. The molecule has 0 fully saturated rings. The summed E-state index contributed by atoms with van der Waals surface area (Å²) in [5.74, 6) is -1.68. The van der Waals surface area contributed by atoms with Crippen LogP contribution in [0.3, 0.4) is 0 Å². The highest BCUT2D eigenvalue weighted by Gasteiger charge is 2.25. The second-order valence-electron chi connectivity index (χ2n) is 12.5. The number of ether oxygens (including phenoxy) is 2. The average molecular weight is 899 g/mol. The molecular formula is C37H34N6O15S3. The molecule has 5 aromatic rings. The quantitative estimate of drug-likeness (QED) is 0.0132. The van der Waals surface area contributed by atoms with Gasteiger partial charge in [0.05, 0.1) is 59.1 Å². The third kappa shape index (κ3) is 12.0. The average Bonchev–Trinajstić information content (AvgIpc) is 3.21. The van der Waals surface area contributed by atoms with E-state index in [0.717, 1.165) is 6.07 Å². The normalized spacial score (nSPS) is 12.4. The number of Topliss-reactive ketones (excluding diaryl/α,β-unsaturated/α-hetero) is 1. The van der Waals surface area contributed by atoms with E-state index in [0.29, 0.717) is 28.6 Å². The molecule has 0 bridgehead atoms. The van der Waals surface area contributed by atoms with Gasteiger partial charge in [-0.05, 0) is 97.6 Å². The van der Waals surface area contributed by atoms with Crippen molar-refractivity contribution in [2.24, 2.45) is 20.5 Å². The van der Waals surface area contributed by atoms with Gasteiger partial charge in [0.15, 0.2) is 5.78 Å². The second kappa shape index (κ2) is 19.9.